The van der Waals surface area contributed by atoms with Gasteiger partial charge in [0, 0.05) is 24.8 Å². The number of nitrogens with zero attached hydrogens (tertiary/aromatic N) is 1. The second-order valence-electron chi connectivity index (χ2n) is 8.24. The summed E-state index contributed by atoms with van der Waals surface area (Å²) < 4.78 is 5.81. The smallest absolute Gasteiger partial charge is 0.370 e. The van der Waals surface area contributed by atoms with Crippen LogP contribution in [0.5, 0.6) is 5.75 Å². The number of rotatable bonds is 5. The average Bonchev–Trinajstić information content (AvgIpc) is 2.65. The predicted octanol–water partition coefficient (Wildman–Crippen LogP) is 2.28. The summed E-state index contributed by atoms with van der Waals surface area (Å²) in [7, 11) is 1.94. The van der Waals surface area contributed by atoms with Crippen molar-refractivity contribution >= 4 is 7.48 Å². The van der Waals surface area contributed by atoms with Crippen molar-refractivity contribution in [2.75, 3.05) is 26.2 Å². The van der Waals surface area contributed by atoms with Crippen LogP contribution < -0.4 is 15.7 Å². The third kappa shape index (κ3) is 3.52. The highest BCUT2D eigenvalue weighted by Crippen LogP contribution is 2.34. The van der Waals surface area contributed by atoms with Crippen molar-refractivity contribution < 1.29 is 4.65 Å². The maximum Gasteiger partial charge on any atom is 0.370 e. The van der Waals surface area contributed by atoms with Crippen LogP contribution in [0.4, 0.5) is 0 Å². The summed E-state index contributed by atoms with van der Waals surface area (Å²) >= 11 is 0. The number of fused-ring (bicyclic) bond motifs is 1. The van der Waals surface area contributed by atoms with Gasteiger partial charge in [-0.25, -0.2) is 0 Å². The lowest BCUT2D eigenvalue weighted by Gasteiger charge is -2.45. The van der Waals surface area contributed by atoms with Crippen LogP contribution in [-0.4, -0.2) is 44.6 Å². The van der Waals surface area contributed by atoms with E-state index in [1.54, 1.807) is 0 Å². The van der Waals surface area contributed by atoms with Crippen molar-refractivity contribution in [3.05, 3.63) is 41.1 Å². The summed E-state index contributed by atoms with van der Waals surface area (Å²) in [5, 5.41) is 3.42. The van der Waals surface area contributed by atoms with E-state index in [2.05, 4.69) is 35.9 Å². The molecular weight excluding hydrogens is 321 g/mol. The fraction of sp³-hybridized carbons (Fsp3) is 0.619. The summed E-state index contributed by atoms with van der Waals surface area (Å²) in [4.78, 5) is 2.40. The van der Waals surface area contributed by atoms with Crippen molar-refractivity contribution in [2.45, 2.75) is 45.0 Å². The Morgan fingerprint density at radius 3 is 2.92 bits per heavy atom. The monoisotopic (exact) mass is 352 g/mol. The molecular formula is C21H31BN3O. The summed E-state index contributed by atoms with van der Waals surface area (Å²) in [6, 6.07) is 4.68. The zero-order chi connectivity index (χ0) is 18.1. The topological polar surface area (TPSA) is 50.5 Å². The van der Waals surface area contributed by atoms with Crippen LogP contribution in [0.15, 0.2) is 24.4 Å². The fourth-order valence-corrected chi connectivity index (χ4v) is 4.66. The Balaban J connectivity index is 1.32. The number of hydrogen-bond donors (Lipinski definition) is 2. The minimum atomic E-state index is 0.118. The molecule has 1 aromatic rings. The van der Waals surface area contributed by atoms with Gasteiger partial charge in [-0.3, -0.25) is 0 Å². The van der Waals surface area contributed by atoms with Crippen LogP contribution in [0.2, 0.25) is 6.32 Å². The van der Waals surface area contributed by atoms with Gasteiger partial charge in [0.25, 0.3) is 0 Å². The first-order chi connectivity index (χ1) is 12.6. The quantitative estimate of drug-likeness (QED) is 0.799. The molecule has 1 radical (unpaired) electrons. The molecule has 26 heavy (non-hydrogen) atoms. The number of hydrogen-bond acceptors (Lipinski definition) is 4. The van der Waals surface area contributed by atoms with E-state index in [1.165, 1.54) is 29.5 Å². The zero-order valence-corrected chi connectivity index (χ0v) is 16.0. The molecule has 4 rings (SSSR count). The molecule has 3 aliphatic heterocycles. The van der Waals surface area contributed by atoms with Crippen LogP contribution in [-0.2, 0) is 12.8 Å². The van der Waals surface area contributed by atoms with E-state index in [0.717, 1.165) is 56.8 Å². The molecule has 3 aliphatic rings. The van der Waals surface area contributed by atoms with Crippen molar-refractivity contribution in [1.82, 2.24) is 10.2 Å². The third-order valence-corrected chi connectivity index (χ3v) is 6.48. The van der Waals surface area contributed by atoms with Gasteiger partial charge >= 0.3 is 7.48 Å². The Morgan fingerprint density at radius 2 is 2.15 bits per heavy atom. The molecule has 0 bridgehead atoms. The SMILES string of the molecule is C=C(C(N)C1CCNCC1)N1CC(Cc2ccc3c(c2C)O[B]CC3)C1. The lowest BCUT2D eigenvalue weighted by atomic mass is 9.82. The third-order valence-electron chi connectivity index (χ3n) is 6.48. The number of likely N-dealkylation sites (tertiary alicyclic amines) is 1. The largest absolute Gasteiger partial charge is 0.563 e. The molecule has 1 aromatic carbocycles. The van der Waals surface area contributed by atoms with Gasteiger partial charge in [0.15, 0.2) is 0 Å². The normalized spacial score (nSPS) is 22.0. The minimum absolute atomic E-state index is 0.118. The Labute approximate surface area is 158 Å². The van der Waals surface area contributed by atoms with Crippen LogP contribution in [0.25, 0.3) is 0 Å². The van der Waals surface area contributed by atoms with Crippen LogP contribution in [0, 0.1) is 18.8 Å². The Kier molecular flexibility index (Phi) is 5.28. The Bertz CT molecular complexity index is 665. The van der Waals surface area contributed by atoms with E-state index in [0.29, 0.717) is 11.8 Å². The molecule has 0 aromatic heterocycles. The zero-order valence-electron chi connectivity index (χ0n) is 16.0. The number of aryl methyl sites for hydroxylation is 1. The molecule has 0 saturated carbocycles. The highest BCUT2D eigenvalue weighted by atomic mass is 16.4. The molecule has 0 amide bonds. The van der Waals surface area contributed by atoms with Crippen molar-refractivity contribution in [3.8, 4) is 5.75 Å². The first-order valence-electron chi connectivity index (χ1n) is 10.1. The Hall–Kier alpha value is -1.46. The molecule has 3 N–H and O–H groups in total. The molecule has 2 fully saturated rings. The summed E-state index contributed by atoms with van der Waals surface area (Å²) in [5.74, 6) is 2.37. The molecule has 4 nitrogen and oxygen atoms in total. The highest BCUT2D eigenvalue weighted by molar-refractivity contribution is 6.29. The van der Waals surface area contributed by atoms with E-state index in [4.69, 9.17) is 10.4 Å². The van der Waals surface area contributed by atoms with Gasteiger partial charge in [0.1, 0.15) is 5.75 Å². The molecule has 2 saturated heterocycles. The number of nitrogens with two attached hydrogens (primary N) is 1. The number of nitrogens with one attached hydrogen (secondary N) is 1. The molecule has 5 heteroatoms. The highest BCUT2D eigenvalue weighted by Gasteiger charge is 2.33. The first kappa shape index (κ1) is 17.9. The predicted molar refractivity (Wildman–Crippen MR) is 108 cm³/mol. The van der Waals surface area contributed by atoms with Gasteiger partial charge in [0.05, 0.1) is 0 Å². The number of piperidine rings is 1. The molecule has 3 heterocycles. The van der Waals surface area contributed by atoms with E-state index in [1.807, 2.05) is 7.48 Å². The van der Waals surface area contributed by atoms with E-state index < -0.39 is 0 Å². The van der Waals surface area contributed by atoms with Crippen LogP contribution >= 0.6 is 0 Å². The molecule has 1 atom stereocenters. The molecule has 139 valence electrons. The van der Waals surface area contributed by atoms with Gasteiger partial charge in [0.2, 0.25) is 0 Å². The first-order valence-corrected chi connectivity index (χ1v) is 10.1. The van der Waals surface area contributed by atoms with Crippen molar-refractivity contribution in [2.24, 2.45) is 17.6 Å². The fourth-order valence-electron chi connectivity index (χ4n) is 4.66. The van der Waals surface area contributed by atoms with Crippen molar-refractivity contribution in [3.63, 3.8) is 0 Å². The molecule has 1 unspecified atom stereocenters. The molecule has 0 spiro atoms. The van der Waals surface area contributed by atoms with Gasteiger partial charge in [-0.15, -0.1) is 0 Å². The maximum absolute atomic E-state index is 6.51. The second kappa shape index (κ2) is 7.65. The van der Waals surface area contributed by atoms with Gasteiger partial charge in [-0.1, -0.05) is 18.7 Å². The standard InChI is InChI=1S/C21H31BN3O/c1-14-19(4-3-18-5-8-22-26-21(14)18)11-16-12-25(13-16)15(2)20(23)17-6-9-24-10-7-17/h3-4,16-17,20,24H,2,5-13,23H2,1H3. The van der Waals surface area contributed by atoms with Crippen molar-refractivity contribution in [1.29, 1.82) is 0 Å². The van der Waals surface area contributed by atoms with Gasteiger partial charge < -0.3 is 20.6 Å². The Morgan fingerprint density at radius 1 is 1.38 bits per heavy atom. The lowest BCUT2D eigenvalue weighted by molar-refractivity contribution is 0.125. The van der Waals surface area contributed by atoms with Gasteiger partial charge in [-0.05, 0) is 80.5 Å². The lowest BCUT2D eigenvalue weighted by Crippen LogP contribution is -2.52. The van der Waals surface area contributed by atoms with E-state index in [9.17, 15) is 0 Å². The van der Waals surface area contributed by atoms with Gasteiger partial charge in [-0.2, -0.15) is 0 Å². The summed E-state index contributed by atoms with van der Waals surface area (Å²) in [6.45, 7) is 10.9. The molecule has 0 aliphatic carbocycles. The van der Waals surface area contributed by atoms with Crippen LogP contribution in [0.3, 0.4) is 0 Å². The summed E-state index contributed by atoms with van der Waals surface area (Å²) in [5.41, 5.74) is 11.8. The average molecular weight is 352 g/mol. The summed E-state index contributed by atoms with van der Waals surface area (Å²) in [6.07, 6.45) is 5.57. The van der Waals surface area contributed by atoms with Crippen LogP contribution in [0.1, 0.15) is 29.5 Å². The minimum Gasteiger partial charge on any atom is -0.563 e. The second-order valence-corrected chi connectivity index (χ2v) is 8.24. The van der Waals surface area contributed by atoms with E-state index >= 15 is 0 Å². The number of benzene rings is 1. The van der Waals surface area contributed by atoms with E-state index in [-0.39, 0.29) is 6.04 Å². The maximum atomic E-state index is 6.51.